The Balaban J connectivity index is 1.52. The number of halogens is 1. The van der Waals surface area contributed by atoms with E-state index in [9.17, 15) is 14.0 Å². The molecular weight excluding hydrogens is 423 g/mol. The molecule has 160 valence electrons. The van der Waals surface area contributed by atoms with Crippen LogP contribution in [0.3, 0.4) is 0 Å². The van der Waals surface area contributed by atoms with Gasteiger partial charge in [-0.15, -0.1) is 10.2 Å². The van der Waals surface area contributed by atoms with Crippen molar-refractivity contribution in [2.75, 3.05) is 30.6 Å². The van der Waals surface area contributed by atoms with Gasteiger partial charge in [0.1, 0.15) is 10.8 Å². The molecular formula is C21H19FN4O4S. The molecule has 0 aliphatic carbocycles. The quantitative estimate of drug-likeness (QED) is 0.514. The largest absolute Gasteiger partial charge is 0.493 e. The zero-order chi connectivity index (χ0) is 22.2. The van der Waals surface area contributed by atoms with Gasteiger partial charge in [-0.1, -0.05) is 23.9 Å². The lowest BCUT2D eigenvalue weighted by Gasteiger charge is -2.10. The van der Waals surface area contributed by atoms with Crippen LogP contribution >= 0.6 is 11.8 Å². The second-order valence-corrected chi connectivity index (χ2v) is 7.09. The molecule has 2 amide bonds. The Bertz CT molecular complexity index is 1080. The molecule has 1 heterocycles. The van der Waals surface area contributed by atoms with E-state index < -0.39 is 11.7 Å². The molecule has 0 fully saturated rings. The number of carbonyl (C=O) groups excluding carboxylic acids is 2. The smallest absolute Gasteiger partial charge is 0.259 e. The van der Waals surface area contributed by atoms with Crippen molar-refractivity contribution in [3.8, 4) is 11.5 Å². The first-order valence-corrected chi connectivity index (χ1v) is 10.0. The van der Waals surface area contributed by atoms with Gasteiger partial charge in [-0.05, 0) is 36.4 Å². The van der Waals surface area contributed by atoms with Gasteiger partial charge in [0.2, 0.25) is 5.91 Å². The van der Waals surface area contributed by atoms with Gasteiger partial charge in [-0.2, -0.15) is 0 Å². The van der Waals surface area contributed by atoms with Gasteiger partial charge in [0.25, 0.3) is 5.91 Å². The van der Waals surface area contributed by atoms with Crippen LogP contribution < -0.4 is 20.1 Å². The summed E-state index contributed by atoms with van der Waals surface area (Å²) in [5.74, 6) is -0.144. The molecule has 0 aliphatic rings. The van der Waals surface area contributed by atoms with Crippen LogP contribution in [0.4, 0.5) is 15.9 Å². The summed E-state index contributed by atoms with van der Waals surface area (Å²) in [7, 11) is 3.05. The van der Waals surface area contributed by atoms with Gasteiger partial charge in [0.05, 0.1) is 25.5 Å². The van der Waals surface area contributed by atoms with E-state index in [1.807, 2.05) is 0 Å². The predicted molar refractivity (Wildman–Crippen MR) is 115 cm³/mol. The Labute approximate surface area is 182 Å². The van der Waals surface area contributed by atoms with Crippen LogP contribution in [0.1, 0.15) is 10.4 Å². The number of methoxy groups -OCH3 is 2. The Morgan fingerprint density at radius 2 is 1.74 bits per heavy atom. The molecule has 1 aromatic heterocycles. The summed E-state index contributed by atoms with van der Waals surface area (Å²) in [6.07, 6.45) is 0. The first kappa shape index (κ1) is 22.0. The lowest BCUT2D eigenvalue weighted by molar-refractivity contribution is -0.113. The van der Waals surface area contributed by atoms with Crippen LogP contribution in [0.2, 0.25) is 0 Å². The molecule has 0 radical (unpaired) electrons. The van der Waals surface area contributed by atoms with E-state index in [0.717, 1.165) is 0 Å². The monoisotopic (exact) mass is 442 g/mol. The summed E-state index contributed by atoms with van der Waals surface area (Å²) in [5, 5.41) is 13.6. The van der Waals surface area contributed by atoms with Crippen LogP contribution in [0.15, 0.2) is 59.6 Å². The number of hydrogen-bond donors (Lipinski definition) is 2. The molecule has 0 spiro atoms. The molecule has 31 heavy (non-hydrogen) atoms. The maximum atomic E-state index is 13.7. The number of hydrogen-bond acceptors (Lipinski definition) is 7. The normalized spacial score (nSPS) is 10.3. The van der Waals surface area contributed by atoms with Crippen LogP contribution in [-0.4, -0.2) is 42.0 Å². The van der Waals surface area contributed by atoms with Crippen LogP contribution in [0.5, 0.6) is 11.5 Å². The molecule has 10 heteroatoms. The number of aromatic nitrogens is 2. The Hall–Kier alpha value is -3.66. The third-order valence-electron chi connectivity index (χ3n) is 4.02. The third-order valence-corrected chi connectivity index (χ3v) is 4.94. The second kappa shape index (κ2) is 10.4. The maximum Gasteiger partial charge on any atom is 0.259 e. The Kier molecular flexibility index (Phi) is 7.39. The number of ether oxygens (including phenoxy) is 2. The number of rotatable bonds is 8. The number of nitrogens with one attached hydrogen (secondary N) is 2. The number of benzene rings is 2. The minimum absolute atomic E-state index is 0.0883. The fourth-order valence-corrected chi connectivity index (χ4v) is 3.16. The summed E-state index contributed by atoms with van der Waals surface area (Å²) < 4.78 is 24.0. The Morgan fingerprint density at radius 3 is 2.42 bits per heavy atom. The van der Waals surface area contributed by atoms with E-state index in [1.165, 1.54) is 50.2 Å². The highest BCUT2D eigenvalue weighted by molar-refractivity contribution is 7.99. The SMILES string of the molecule is COc1ccc(NC(=O)CSc2ccc(NC(=O)c3ccccc3F)nn2)cc1OC. The Morgan fingerprint density at radius 1 is 0.968 bits per heavy atom. The van der Waals surface area contributed by atoms with Gasteiger partial charge >= 0.3 is 0 Å². The molecule has 8 nitrogen and oxygen atoms in total. The van der Waals surface area contributed by atoms with Crippen molar-refractivity contribution < 1.29 is 23.5 Å². The van der Waals surface area contributed by atoms with Crippen molar-refractivity contribution in [1.82, 2.24) is 10.2 Å². The van der Waals surface area contributed by atoms with E-state index in [4.69, 9.17) is 9.47 Å². The van der Waals surface area contributed by atoms with Gasteiger partial charge in [0.15, 0.2) is 17.3 Å². The summed E-state index contributed by atoms with van der Waals surface area (Å²) in [6.45, 7) is 0. The molecule has 0 bridgehead atoms. The standard InChI is InChI=1S/C21H19FN4O4S/c1-29-16-8-7-13(11-17(16)30-2)23-19(27)12-31-20-10-9-18(25-26-20)24-21(28)14-5-3-4-6-15(14)22/h3-11H,12H2,1-2H3,(H,23,27)(H,24,25,28). The minimum atomic E-state index is -0.624. The van der Waals surface area contributed by atoms with Crippen LogP contribution in [-0.2, 0) is 4.79 Å². The van der Waals surface area contributed by atoms with Gasteiger partial charge in [-0.25, -0.2) is 4.39 Å². The lowest BCUT2D eigenvalue weighted by Crippen LogP contribution is -2.15. The van der Waals surface area contributed by atoms with Crippen LogP contribution in [0.25, 0.3) is 0 Å². The molecule has 2 N–H and O–H groups in total. The highest BCUT2D eigenvalue weighted by Gasteiger charge is 2.12. The zero-order valence-electron chi connectivity index (χ0n) is 16.7. The first-order valence-electron chi connectivity index (χ1n) is 9.04. The maximum absolute atomic E-state index is 13.7. The van der Waals surface area contributed by atoms with Crippen molar-refractivity contribution in [2.45, 2.75) is 5.03 Å². The number of thioether (sulfide) groups is 1. The average molecular weight is 442 g/mol. The highest BCUT2D eigenvalue weighted by atomic mass is 32.2. The first-order chi connectivity index (χ1) is 15.0. The topological polar surface area (TPSA) is 102 Å². The zero-order valence-corrected chi connectivity index (χ0v) is 17.5. The fraction of sp³-hybridized carbons (Fsp3) is 0.143. The molecule has 0 aliphatic heterocycles. The van der Waals surface area contributed by atoms with E-state index in [1.54, 1.807) is 30.3 Å². The van der Waals surface area contributed by atoms with Crippen LogP contribution in [0, 0.1) is 5.82 Å². The van der Waals surface area contributed by atoms with Crippen molar-refractivity contribution in [1.29, 1.82) is 0 Å². The molecule has 0 saturated heterocycles. The summed E-state index contributed by atoms with van der Waals surface area (Å²) in [4.78, 5) is 24.3. The summed E-state index contributed by atoms with van der Waals surface area (Å²) >= 11 is 1.18. The van der Waals surface area contributed by atoms with E-state index in [0.29, 0.717) is 22.2 Å². The summed E-state index contributed by atoms with van der Waals surface area (Å²) in [5.41, 5.74) is 0.482. The molecule has 3 aromatic rings. The fourth-order valence-electron chi connectivity index (χ4n) is 2.54. The van der Waals surface area contributed by atoms with Gasteiger partial charge < -0.3 is 20.1 Å². The van der Waals surface area contributed by atoms with Gasteiger partial charge in [0, 0.05) is 11.8 Å². The van der Waals surface area contributed by atoms with E-state index >= 15 is 0 Å². The third kappa shape index (κ3) is 5.92. The predicted octanol–water partition coefficient (Wildman–Crippen LogP) is 3.62. The number of carbonyl (C=O) groups is 2. The molecule has 2 aromatic carbocycles. The molecule has 0 unspecified atom stereocenters. The van der Waals surface area contributed by atoms with E-state index in [2.05, 4.69) is 20.8 Å². The summed E-state index contributed by atoms with van der Waals surface area (Å²) in [6, 6.07) is 13.8. The lowest BCUT2D eigenvalue weighted by atomic mass is 10.2. The van der Waals surface area contributed by atoms with Crippen molar-refractivity contribution in [3.05, 3.63) is 66.0 Å². The van der Waals surface area contributed by atoms with Crippen molar-refractivity contribution in [2.24, 2.45) is 0 Å². The molecule has 0 atom stereocenters. The number of nitrogens with zero attached hydrogens (tertiary/aromatic N) is 2. The number of anilines is 2. The van der Waals surface area contributed by atoms with Crippen molar-refractivity contribution in [3.63, 3.8) is 0 Å². The van der Waals surface area contributed by atoms with E-state index in [-0.39, 0.29) is 23.0 Å². The minimum Gasteiger partial charge on any atom is -0.493 e. The average Bonchev–Trinajstić information content (AvgIpc) is 2.78. The molecule has 0 saturated carbocycles. The number of amides is 2. The van der Waals surface area contributed by atoms with Gasteiger partial charge in [-0.3, -0.25) is 9.59 Å². The molecule has 3 rings (SSSR count). The second-order valence-electron chi connectivity index (χ2n) is 6.10. The highest BCUT2D eigenvalue weighted by Crippen LogP contribution is 2.29. The van der Waals surface area contributed by atoms with Crippen molar-refractivity contribution >= 4 is 35.1 Å².